The van der Waals surface area contributed by atoms with Crippen LogP contribution in [0.25, 0.3) is 0 Å². The molecule has 2 aromatic carbocycles. The van der Waals surface area contributed by atoms with Crippen molar-refractivity contribution in [1.29, 1.82) is 0 Å². The Morgan fingerprint density at radius 3 is 2.33 bits per heavy atom. The predicted molar refractivity (Wildman–Crippen MR) is 167 cm³/mol. The van der Waals surface area contributed by atoms with Crippen LogP contribution < -0.4 is 10.2 Å². The van der Waals surface area contributed by atoms with Gasteiger partial charge in [-0.1, -0.05) is 30.3 Å². The van der Waals surface area contributed by atoms with E-state index in [1.54, 1.807) is 11.8 Å². The summed E-state index contributed by atoms with van der Waals surface area (Å²) in [7, 11) is 4.26. The molecule has 40 heavy (non-hydrogen) atoms. The van der Waals surface area contributed by atoms with E-state index in [0.29, 0.717) is 0 Å². The molecular formula is C30H38N8S2. The third kappa shape index (κ3) is 7.78. The molecule has 8 nitrogen and oxygen atoms in total. The molecule has 0 unspecified atom stereocenters. The van der Waals surface area contributed by atoms with Crippen LogP contribution in [0.1, 0.15) is 16.8 Å². The van der Waals surface area contributed by atoms with E-state index >= 15 is 0 Å². The molecule has 0 saturated carbocycles. The molecule has 1 fully saturated rings. The van der Waals surface area contributed by atoms with Crippen molar-refractivity contribution in [2.45, 2.75) is 34.5 Å². The lowest BCUT2D eigenvalue weighted by atomic mass is 10.2. The minimum Gasteiger partial charge on any atom is -0.354 e. The number of anilines is 3. The second kappa shape index (κ2) is 13.5. The number of aryl methyl sites for hydroxylation is 1. The van der Waals surface area contributed by atoms with Gasteiger partial charge in [0.2, 0.25) is 0 Å². The monoisotopic (exact) mass is 574 g/mol. The van der Waals surface area contributed by atoms with Crippen LogP contribution in [-0.4, -0.2) is 83.3 Å². The molecule has 0 amide bonds. The maximum atomic E-state index is 5.07. The van der Waals surface area contributed by atoms with Gasteiger partial charge in [0.25, 0.3) is 0 Å². The third-order valence-corrected chi connectivity index (χ3v) is 8.82. The molecule has 0 radical (unpaired) electrons. The van der Waals surface area contributed by atoms with E-state index in [0.717, 1.165) is 83.8 Å². The van der Waals surface area contributed by atoms with Crippen molar-refractivity contribution in [1.82, 2.24) is 30.0 Å². The van der Waals surface area contributed by atoms with Gasteiger partial charge in [-0.2, -0.15) is 5.10 Å². The van der Waals surface area contributed by atoms with Crippen LogP contribution in [-0.2, 0) is 5.75 Å². The van der Waals surface area contributed by atoms with Crippen molar-refractivity contribution in [3.63, 3.8) is 0 Å². The molecule has 1 saturated heterocycles. The molecule has 0 spiro atoms. The largest absolute Gasteiger partial charge is 0.354 e. The summed E-state index contributed by atoms with van der Waals surface area (Å²) in [5.41, 5.74) is 3.37. The van der Waals surface area contributed by atoms with Gasteiger partial charge in [0, 0.05) is 72.1 Å². The van der Waals surface area contributed by atoms with E-state index in [-0.39, 0.29) is 0 Å². The summed E-state index contributed by atoms with van der Waals surface area (Å²) in [6.45, 7) is 10.2. The number of piperazine rings is 1. The van der Waals surface area contributed by atoms with Gasteiger partial charge in [-0.15, -0.1) is 11.8 Å². The molecule has 0 aliphatic carbocycles. The Morgan fingerprint density at radius 1 is 0.925 bits per heavy atom. The Kier molecular flexibility index (Phi) is 9.64. The Labute approximate surface area is 246 Å². The Balaban J connectivity index is 1.32. The second-order valence-corrected chi connectivity index (χ2v) is 12.4. The van der Waals surface area contributed by atoms with E-state index in [1.165, 1.54) is 10.5 Å². The number of rotatable bonds is 11. The van der Waals surface area contributed by atoms with E-state index < -0.39 is 0 Å². The second-order valence-electron chi connectivity index (χ2n) is 10.3. The number of hydrogen-bond donors (Lipinski definition) is 2. The molecule has 2 N–H and O–H groups in total. The fraction of sp³-hybridized carbons (Fsp3) is 0.367. The maximum absolute atomic E-state index is 5.07. The summed E-state index contributed by atoms with van der Waals surface area (Å²) in [5.74, 6) is 3.51. The zero-order valence-corrected chi connectivity index (χ0v) is 25.4. The lowest BCUT2D eigenvalue weighted by Crippen LogP contribution is -2.48. The molecule has 2 aromatic heterocycles. The molecule has 0 atom stereocenters. The van der Waals surface area contributed by atoms with E-state index in [1.807, 2.05) is 24.8 Å². The normalized spacial score (nSPS) is 14.2. The molecule has 1 aliphatic heterocycles. The van der Waals surface area contributed by atoms with Crippen molar-refractivity contribution in [2.24, 2.45) is 0 Å². The van der Waals surface area contributed by atoms with Gasteiger partial charge in [-0.3, -0.25) is 10.00 Å². The maximum Gasteiger partial charge on any atom is 0.196 e. The van der Waals surface area contributed by atoms with Gasteiger partial charge >= 0.3 is 0 Å². The van der Waals surface area contributed by atoms with Gasteiger partial charge in [0.05, 0.1) is 0 Å². The number of aromatic nitrogens is 4. The highest BCUT2D eigenvalue weighted by Gasteiger charge is 2.23. The fourth-order valence-corrected chi connectivity index (χ4v) is 6.14. The van der Waals surface area contributed by atoms with Crippen LogP contribution in [0.5, 0.6) is 0 Å². The number of hydrogen-bond acceptors (Lipinski definition) is 9. The molecule has 5 rings (SSSR count). The minimum absolute atomic E-state index is 0.732. The summed E-state index contributed by atoms with van der Waals surface area (Å²) >= 11 is 3.45. The number of H-pyrrole nitrogens is 1. The Hall–Kier alpha value is -3.05. The highest BCUT2D eigenvalue weighted by atomic mass is 32.2. The highest BCUT2D eigenvalue weighted by molar-refractivity contribution is 7.99. The Morgan fingerprint density at radius 2 is 1.65 bits per heavy atom. The quantitative estimate of drug-likeness (QED) is 0.174. The average molecular weight is 575 g/mol. The number of nitrogens with one attached hydrogen (secondary N) is 2. The highest BCUT2D eigenvalue weighted by Crippen LogP contribution is 2.34. The zero-order valence-electron chi connectivity index (χ0n) is 23.7. The Bertz CT molecular complexity index is 1370. The zero-order chi connectivity index (χ0) is 27.9. The van der Waals surface area contributed by atoms with Crippen LogP contribution in [0.4, 0.5) is 17.5 Å². The van der Waals surface area contributed by atoms with Crippen molar-refractivity contribution in [2.75, 3.05) is 63.6 Å². The summed E-state index contributed by atoms with van der Waals surface area (Å²) < 4.78 is 0. The first-order chi connectivity index (χ1) is 19.4. The summed E-state index contributed by atoms with van der Waals surface area (Å²) in [4.78, 5) is 19.6. The number of thioether (sulfide) groups is 1. The van der Waals surface area contributed by atoms with Gasteiger partial charge in [0.1, 0.15) is 11.6 Å². The molecule has 0 bridgehead atoms. The van der Waals surface area contributed by atoms with Crippen molar-refractivity contribution < 1.29 is 0 Å². The fourth-order valence-electron chi connectivity index (χ4n) is 4.54. The lowest BCUT2D eigenvalue weighted by molar-refractivity contribution is 0.229. The average Bonchev–Trinajstić information content (AvgIpc) is 3.38. The third-order valence-electron chi connectivity index (χ3n) is 6.87. The first-order valence-corrected chi connectivity index (χ1v) is 15.5. The summed E-state index contributed by atoms with van der Waals surface area (Å²) in [5, 5.41) is 11.5. The van der Waals surface area contributed by atoms with Gasteiger partial charge in [-0.25, -0.2) is 9.97 Å². The van der Waals surface area contributed by atoms with Crippen LogP contribution >= 0.6 is 23.5 Å². The van der Waals surface area contributed by atoms with Crippen molar-refractivity contribution >= 4 is 41.0 Å². The van der Waals surface area contributed by atoms with E-state index in [2.05, 4.69) is 106 Å². The van der Waals surface area contributed by atoms with Gasteiger partial charge in [0.15, 0.2) is 11.0 Å². The van der Waals surface area contributed by atoms with Crippen molar-refractivity contribution in [3.8, 4) is 0 Å². The standard InChI is InChI=1S/C30H38N8S2/c1-22-20-27(35-34-22)31-28-23(2)29(38-18-16-37(17-19-38)15-14-36(3)4)33-30(32-28)40-26-12-10-25(11-13-26)39-21-24-8-6-5-7-9-24/h5-13,20H,14-19,21H2,1-4H3,(H2,31,32,33,34,35). The molecule has 4 aromatic rings. The number of likely N-dealkylation sites (N-methyl/N-ethyl adjacent to an activating group) is 1. The predicted octanol–water partition coefficient (Wildman–Crippen LogP) is 5.69. The first-order valence-electron chi connectivity index (χ1n) is 13.7. The van der Waals surface area contributed by atoms with E-state index in [9.17, 15) is 0 Å². The number of nitrogens with zero attached hydrogens (tertiary/aromatic N) is 6. The smallest absolute Gasteiger partial charge is 0.196 e. The molecule has 10 heteroatoms. The van der Waals surface area contributed by atoms with Gasteiger partial charge < -0.3 is 15.1 Å². The SMILES string of the molecule is Cc1cc(Nc2nc(Sc3ccc(SCc4ccccc4)cc3)nc(N3CCN(CCN(C)C)CC3)c2C)n[nH]1. The number of aromatic amines is 1. The first kappa shape index (κ1) is 28.5. The van der Waals surface area contributed by atoms with Gasteiger partial charge in [-0.05, 0) is 69.5 Å². The summed E-state index contributed by atoms with van der Waals surface area (Å²) in [6.07, 6.45) is 0. The van der Waals surface area contributed by atoms with Crippen molar-refractivity contribution in [3.05, 3.63) is 77.5 Å². The molecule has 3 heterocycles. The molecular weight excluding hydrogens is 537 g/mol. The molecule has 1 aliphatic rings. The summed E-state index contributed by atoms with van der Waals surface area (Å²) in [6, 6.07) is 21.3. The van der Waals surface area contributed by atoms with Crippen LogP contribution in [0.3, 0.4) is 0 Å². The minimum atomic E-state index is 0.732. The van der Waals surface area contributed by atoms with Crippen LogP contribution in [0, 0.1) is 13.8 Å². The van der Waals surface area contributed by atoms with E-state index in [4.69, 9.17) is 9.97 Å². The lowest BCUT2D eigenvalue weighted by Gasteiger charge is -2.36. The topological polar surface area (TPSA) is 76.2 Å². The molecule has 210 valence electrons. The van der Waals surface area contributed by atoms with Crippen LogP contribution in [0.2, 0.25) is 0 Å². The van der Waals surface area contributed by atoms with Crippen LogP contribution in [0.15, 0.2) is 75.6 Å². The number of benzene rings is 2.